The zero-order valence-corrected chi connectivity index (χ0v) is 18.9. The van der Waals surface area contributed by atoms with Crippen molar-refractivity contribution in [3.05, 3.63) is 60.5 Å². The van der Waals surface area contributed by atoms with Crippen LogP contribution in [0.15, 0.2) is 49.4 Å². The Balaban J connectivity index is 1.79. The number of alkyl halides is 3. The minimum absolute atomic E-state index is 0.0706. The third-order valence-corrected chi connectivity index (χ3v) is 7.26. The van der Waals surface area contributed by atoms with Crippen molar-refractivity contribution in [1.82, 2.24) is 15.0 Å². The van der Waals surface area contributed by atoms with E-state index in [0.29, 0.717) is 15.6 Å². The predicted molar refractivity (Wildman–Crippen MR) is 122 cm³/mol. The highest BCUT2D eigenvalue weighted by Crippen LogP contribution is 2.44. The average molecular weight is 505 g/mol. The lowest BCUT2D eigenvalue weighted by molar-refractivity contribution is -0.135. The Bertz CT molecular complexity index is 1490. The molecule has 5 rings (SSSR count). The number of para-hydroxylation sites is 1. The fourth-order valence-corrected chi connectivity index (χ4v) is 5.46. The number of fused-ring (bicyclic) bond motifs is 5. The zero-order chi connectivity index (χ0) is 25.0. The first-order valence-corrected chi connectivity index (χ1v) is 12.0. The van der Waals surface area contributed by atoms with E-state index < -0.39 is 33.0 Å². The molecule has 0 unspecified atom stereocenters. The van der Waals surface area contributed by atoms with Crippen LogP contribution in [0.1, 0.15) is 17.5 Å². The molecule has 2 bridgehead atoms. The van der Waals surface area contributed by atoms with Crippen LogP contribution in [-0.2, 0) is 16.2 Å². The highest BCUT2D eigenvalue weighted by molar-refractivity contribution is 7.93. The molecule has 9 nitrogen and oxygen atoms in total. The Hall–Kier alpha value is -3.87. The normalized spacial score (nSPS) is 17.7. The molecule has 1 fully saturated rings. The van der Waals surface area contributed by atoms with Gasteiger partial charge >= 0.3 is 12.2 Å². The molecule has 0 aliphatic carbocycles. The minimum atomic E-state index is -4.98. The van der Waals surface area contributed by atoms with E-state index in [9.17, 15) is 21.6 Å². The largest absolute Gasteiger partial charge is 0.485 e. The van der Waals surface area contributed by atoms with Crippen molar-refractivity contribution in [3.63, 3.8) is 0 Å². The lowest BCUT2D eigenvalue weighted by atomic mass is 10.1. The number of hydrogen-bond donors (Lipinski definition) is 1. The topological polar surface area (TPSA) is 107 Å². The lowest BCUT2D eigenvalue weighted by Crippen LogP contribution is -2.29. The predicted octanol–water partition coefficient (Wildman–Crippen LogP) is 3.95. The number of nitrogens with zero attached hydrogens (tertiary/aromatic N) is 4. The molecule has 1 aromatic carbocycles. The summed E-state index contributed by atoms with van der Waals surface area (Å²) in [6.45, 7) is 7.49. The Morgan fingerprint density at radius 2 is 1.91 bits per heavy atom. The fraction of sp³-hybridized carbons (Fsp3) is 0.227. The smallest absolute Gasteiger partial charge is 0.420 e. The van der Waals surface area contributed by atoms with Crippen molar-refractivity contribution < 1.29 is 31.1 Å². The number of nitrogens with one attached hydrogen (secondary N) is 1. The summed E-state index contributed by atoms with van der Waals surface area (Å²) in [6, 6.07) is 6.48. The summed E-state index contributed by atoms with van der Waals surface area (Å²) in [6.07, 6.45) is -3.74. The van der Waals surface area contributed by atoms with E-state index in [4.69, 9.17) is 9.47 Å². The van der Waals surface area contributed by atoms with E-state index in [1.807, 2.05) is 0 Å². The molecule has 182 valence electrons. The van der Waals surface area contributed by atoms with E-state index in [-0.39, 0.29) is 54.1 Å². The minimum Gasteiger partial charge on any atom is -0.485 e. The molecule has 0 spiro atoms. The summed E-state index contributed by atoms with van der Waals surface area (Å²) >= 11 is 0. The van der Waals surface area contributed by atoms with Crippen LogP contribution < -0.4 is 19.1 Å². The van der Waals surface area contributed by atoms with E-state index in [0.717, 1.165) is 6.20 Å². The van der Waals surface area contributed by atoms with Gasteiger partial charge in [0.05, 0.1) is 22.9 Å². The number of halogens is 3. The monoisotopic (exact) mass is 505 g/mol. The molecule has 0 saturated carbocycles. The van der Waals surface area contributed by atoms with Gasteiger partial charge in [0.1, 0.15) is 29.5 Å². The van der Waals surface area contributed by atoms with Gasteiger partial charge in [-0.3, -0.25) is 4.31 Å². The maximum absolute atomic E-state index is 14.5. The maximum atomic E-state index is 14.5. The van der Waals surface area contributed by atoms with E-state index in [1.165, 1.54) is 0 Å². The van der Waals surface area contributed by atoms with Crippen molar-refractivity contribution in [3.8, 4) is 11.8 Å². The van der Waals surface area contributed by atoms with Gasteiger partial charge in [-0.2, -0.15) is 23.1 Å². The van der Waals surface area contributed by atoms with Gasteiger partial charge in [-0.25, -0.2) is 13.4 Å². The van der Waals surface area contributed by atoms with Gasteiger partial charge in [-0.15, -0.1) is 0 Å². The number of rotatable bonds is 1. The highest BCUT2D eigenvalue weighted by Gasteiger charge is 2.43. The van der Waals surface area contributed by atoms with Gasteiger partial charge < -0.3 is 14.8 Å². The number of ether oxygens (including phenoxy) is 2. The molecule has 2 aromatic heterocycles. The number of pyridine rings is 1. The maximum Gasteiger partial charge on any atom is 0.420 e. The number of anilines is 2. The van der Waals surface area contributed by atoms with Crippen LogP contribution in [0.5, 0.6) is 11.8 Å². The van der Waals surface area contributed by atoms with Crippen molar-refractivity contribution >= 4 is 38.3 Å². The first-order chi connectivity index (χ1) is 16.5. The first kappa shape index (κ1) is 22.9. The third kappa shape index (κ3) is 4.11. The second-order valence-corrected chi connectivity index (χ2v) is 9.85. The van der Waals surface area contributed by atoms with Gasteiger partial charge in [0.2, 0.25) is 10.0 Å². The van der Waals surface area contributed by atoms with Crippen LogP contribution in [0.25, 0.3) is 16.6 Å². The summed E-state index contributed by atoms with van der Waals surface area (Å²) < 4.78 is 80.2. The average Bonchev–Trinajstić information content (AvgIpc) is 3.14. The summed E-state index contributed by atoms with van der Waals surface area (Å²) in [4.78, 5) is 12.1. The Morgan fingerprint density at radius 3 is 2.63 bits per heavy atom. The number of sulfonamides is 1. The van der Waals surface area contributed by atoms with E-state index in [2.05, 4.69) is 33.4 Å². The summed E-state index contributed by atoms with van der Waals surface area (Å²) in [5.74, 6) is -0.781. The second kappa shape index (κ2) is 8.12. The van der Waals surface area contributed by atoms with Crippen LogP contribution in [-0.4, -0.2) is 42.3 Å². The number of benzene rings is 1. The molecule has 0 atom stereocenters. The number of aromatic nitrogens is 3. The lowest BCUT2D eigenvalue weighted by Gasteiger charge is -2.23. The van der Waals surface area contributed by atoms with Gasteiger partial charge in [0.25, 0.3) is 0 Å². The van der Waals surface area contributed by atoms with E-state index >= 15 is 0 Å². The molecule has 3 aromatic rings. The zero-order valence-electron chi connectivity index (χ0n) is 18.1. The summed E-state index contributed by atoms with van der Waals surface area (Å²) in [7, 11) is -3.95. The molecule has 0 amide bonds. The quantitative estimate of drug-likeness (QED) is 0.530. The second-order valence-electron chi connectivity index (χ2n) is 7.84. The summed E-state index contributed by atoms with van der Waals surface area (Å²) in [5.41, 5.74) is -0.820. The van der Waals surface area contributed by atoms with Crippen molar-refractivity contribution in [2.75, 3.05) is 28.5 Å². The number of hydrogen-bond acceptors (Lipinski definition) is 8. The molecule has 4 heterocycles. The SMILES string of the molecule is C=C1COc2ccccc2C(=C)Nc2nc(nc3cnc(N4CCCS4(=O)=O)c(C(F)(F)F)c23)O1. The molecule has 13 heteroatoms. The molecular weight excluding hydrogens is 487 g/mol. The molecule has 2 aliphatic heterocycles. The first-order valence-electron chi connectivity index (χ1n) is 10.4. The van der Waals surface area contributed by atoms with Gasteiger partial charge in [-0.05, 0) is 18.6 Å². The third-order valence-electron chi connectivity index (χ3n) is 5.42. The van der Waals surface area contributed by atoms with Crippen LogP contribution >= 0.6 is 0 Å². The van der Waals surface area contributed by atoms with Crippen LogP contribution in [0.3, 0.4) is 0 Å². The Labute approximate surface area is 198 Å². The highest BCUT2D eigenvalue weighted by atomic mass is 32.2. The van der Waals surface area contributed by atoms with Gasteiger partial charge in [0, 0.05) is 17.8 Å². The fourth-order valence-electron chi connectivity index (χ4n) is 3.94. The van der Waals surface area contributed by atoms with Crippen molar-refractivity contribution in [1.29, 1.82) is 0 Å². The van der Waals surface area contributed by atoms with Crippen molar-refractivity contribution in [2.45, 2.75) is 12.6 Å². The van der Waals surface area contributed by atoms with Gasteiger partial charge in [0.15, 0.2) is 5.82 Å². The molecule has 1 N–H and O–H groups in total. The summed E-state index contributed by atoms with van der Waals surface area (Å²) in [5, 5.41) is 2.34. The Kier molecular flexibility index (Phi) is 5.31. The Morgan fingerprint density at radius 1 is 1.14 bits per heavy atom. The van der Waals surface area contributed by atoms with Crippen LogP contribution in [0.2, 0.25) is 0 Å². The van der Waals surface area contributed by atoms with Crippen molar-refractivity contribution in [2.24, 2.45) is 0 Å². The van der Waals surface area contributed by atoms with Crippen LogP contribution in [0, 0.1) is 0 Å². The molecular formula is C22H18F3N5O4S. The standard InChI is InChI=1S/C22H18F3N5O4S/c1-12-11-33-16-7-4-3-6-14(16)13(2)27-19-17-15(28-21(29-19)34-12)10-26-20(18(17)22(23,24)25)30-8-5-9-35(30,31)32/h3-4,6-7,10H,1-2,5,8-9,11H2,(H,27,28,29). The molecule has 2 aliphatic rings. The van der Waals surface area contributed by atoms with Gasteiger partial charge in [-0.1, -0.05) is 25.3 Å². The van der Waals surface area contributed by atoms with E-state index in [1.54, 1.807) is 24.3 Å². The molecule has 35 heavy (non-hydrogen) atoms. The van der Waals surface area contributed by atoms with Crippen LogP contribution in [0.4, 0.5) is 24.8 Å². The molecule has 1 saturated heterocycles. The molecule has 0 radical (unpaired) electrons.